The molecular weight excluding hydrogens is 404 g/mol. The Bertz CT molecular complexity index is 954. The van der Waals surface area contributed by atoms with Gasteiger partial charge >= 0.3 is 0 Å². The fourth-order valence-electron chi connectivity index (χ4n) is 3.28. The highest BCUT2D eigenvalue weighted by atomic mass is 32.2. The second kappa shape index (κ2) is 9.95. The number of nitrogens with one attached hydrogen (secondary N) is 1. The van der Waals surface area contributed by atoms with Crippen molar-refractivity contribution in [3.63, 3.8) is 0 Å². The van der Waals surface area contributed by atoms with E-state index in [1.54, 1.807) is 42.5 Å². The monoisotopic (exact) mass is 432 g/mol. The molecule has 0 bridgehead atoms. The highest BCUT2D eigenvalue weighted by Gasteiger charge is 2.21. The van der Waals surface area contributed by atoms with E-state index >= 15 is 0 Å². The standard InChI is InChI=1S/C22H28N2O5S/c1-17-6-5-7-19(14-17)24(30(2,26)27)15-22(25)23-18-9-11-20(12-10-18)29-16-21-8-3-4-13-28-21/h5-7,9-12,14,21H,3-4,8,13,15-16H2,1-2H3,(H,23,25). The smallest absolute Gasteiger partial charge is 0.245 e. The first-order valence-corrected chi connectivity index (χ1v) is 11.8. The summed E-state index contributed by atoms with van der Waals surface area (Å²) in [7, 11) is -3.61. The summed E-state index contributed by atoms with van der Waals surface area (Å²) < 4.78 is 36.9. The van der Waals surface area contributed by atoms with E-state index in [1.807, 2.05) is 13.0 Å². The number of hydrogen-bond acceptors (Lipinski definition) is 5. The summed E-state index contributed by atoms with van der Waals surface area (Å²) in [5, 5.41) is 2.74. The third kappa shape index (κ3) is 6.47. The Hall–Kier alpha value is -2.58. The molecule has 1 atom stereocenters. The molecular formula is C22H28N2O5S. The number of rotatable bonds is 8. The third-order valence-electron chi connectivity index (χ3n) is 4.83. The molecule has 1 fully saturated rings. The molecule has 3 rings (SSSR count). The van der Waals surface area contributed by atoms with Crippen LogP contribution in [0.1, 0.15) is 24.8 Å². The van der Waals surface area contributed by atoms with Crippen LogP contribution in [0.15, 0.2) is 48.5 Å². The van der Waals surface area contributed by atoms with Crippen LogP contribution in [-0.4, -0.2) is 46.4 Å². The first-order valence-electron chi connectivity index (χ1n) is 10.00. The van der Waals surface area contributed by atoms with Gasteiger partial charge in [0.05, 0.1) is 18.0 Å². The lowest BCUT2D eigenvalue weighted by Gasteiger charge is -2.23. The average molecular weight is 433 g/mol. The summed E-state index contributed by atoms with van der Waals surface area (Å²) in [5.41, 5.74) is 1.94. The molecule has 0 radical (unpaired) electrons. The highest BCUT2D eigenvalue weighted by Crippen LogP contribution is 2.21. The maximum atomic E-state index is 12.5. The average Bonchev–Trinajstić information content (AvgIpc) is 2.71. The summed E-state index contributed by atoms with van der Waals surface area (Å²) in [6.45, 7) is 2.85. The Morgan fingerprint density at radius 1 is 1.20 bits per heavy atom. The molecule has 1 aliphatic rings. The molecule has 1 N–H and O–H groups in total. The molecule has 1 heterocycles. The van der Waals surface area contributed by atoms with Crippen LogP contribution in [0.2, 0.25) is 0 Å². The summed E-state index contributed by atoms with van der Waals surface area (Å²) in [5.74, 6) is 0.269. The van der Waals surface area contributed by atoms with Crippen molar-refractivity contribution in [2.75, 3.05) is 35.6 Å². The summed E-state index contributed by atoms with van der Waals surface area (Å²) >= 11 is 0. The maximum Gasteiger partial charge on any atom is 0.245 e. The molecule has 1 aliphatic heterocycles. The van der Waals surface area contributed by atoms with Crippen LogP contribution in [0.3, 0.4) is 0 Å². The van der Waals surface area contributed by atoms with Gasteiger partial charge in [-0.05, 0) is 68.1 Å². The molecule has 30 heavy (non-hydrogen) atoms. The summed E-state index contributed by atoms with van der Waals surface area (Å²) in [4.78, 5) is 12.5. The van der Waals surface area contributed by atoms with Gasteiger partial charge in [-0.25, -0.2) is 8.42 Å². The van der Waals surface area contributed by atoms with Crippen LogP contribution in [0, 0.1) is 6.92 Å². The molecule has 1 amide bonds. The molecule has 1 saturated heterocycles. The number of nitrogens with zero attached hydrogens (tertiary/aromatic N) is 1. The molecule has 8 heteroatoms. The van der Waals surface area contributed by atoms with E-state index < -0.39 is 15.9 Å². The molecule has 0 saturated carbocycles. The number of benzene rings is 2. The first-order chi connectivity index (χ1) is 14.3. The van der Waals surface area contributed by atoms with Crippen LogP contribution in [0.4, 0.5) is 11.4 Å². The molecule has 0 aliphatic carbocycles. The minimum atomic E-state index is -3.61. The van der Waals surface area contributed by atoms with Crippen molar-refractivity contribution in [1.82, 2.24) is 0 Å². The van der Waals surface area contributed by atoms with Crippen molar-refractivity contribution in [2.24, 2.45) is 0 Å². The highest BCUT2D eigenvalue weighted by molar-refractivity contribution is 7.92. The number of anilines is 2. The van der Waals surface area contributed by atoms with Gasteiger partial charge in [-0.1, -0.05) is 12.1 Å². The van der Waals surface area contributed by atoms with Gasteiger partial charge in [0.25, 0.3) is 0 Å². The van der Waals surface area contributed by atoms with Crippen LogP contribution in [-0.2, 0) is 19.6 Å². The lowest BCUT2D eigenvalue weighted by molar-refractivity contribution is -0.114. The Morgan fingerprint density at radius 2 is 1.97 bits per heavy atom. The molecule has 2 aromatic rings. The Balaban J connectivity index is 1.57. The molecule has 0 aromatic heterocycles. The van der Waals surface area contributed by atoms with Crippen molar-refractivity contribution in [1.29, 1.82) is 0 Å². The maximum absolute atomic E-state index is 12.5. The normalized spacial score (nSPS) is 16.7. The van der Waals surface area contributed by atoms with Crippen LogP contribution >= 0.6 is 0 Å². The third-order valence-corrected chi connectivity index (χ3v) is 5.97. The number of aryl methyl sites for hydroxylation is 1. The molecule has 1 unspecified atom stereocenters. The van der Waals surface area contributed by atoms with Gasteiger partial charge in [0.15, 0.2) is 0 Å². The predicted molar refractivity (Wildman–Crippen MR) is 118 cm³/mol. The number of ether oxygens (including phenoxy) is 2. The van der Waals surface area contributed by atoms with E-state index in [9.17, 15) is 13.2 Å². The van der Waals surface area contributed by atoms with E-state index in [-0.39, 0.29) is 12.6 Å². The van der Waals surface area contributed by atoms with Crippen LogP contribution in [0.25, 0.3) is 0 Å². The van der Waals surface area contributed by atoms with Crippen LogP contribution < -0.4 is 14.4 Å². The number of carbonyl (C=O) groups excluding carboxylic acids is 1. The van der Waals surface area contributed by atoms with Crippen molar-refractivity contribution >= 4 is 27.3 Å². The molecule has 2 aromatic carbocycles. The van der Waals surface area contributed by atoms with Gasteiger partial charge in [0.2, 0.25) is 15.9 Å². The summed E-state index contributed by atoms with van der Waals surface area (Å²) in [6, 6.07) is 14.0. The van der Waals surface area contributed by atoms with Gasteiger partial charge in [0, 0.05) is 12.3 Å². The van der Waals surface area contributed by atoms with Gasteiger partial charge in [-0.2, -0.15) is 0 Å². The summed E-state index contributed by atoms with van der Waals surface area (Å²) in [6.07, 6.45) is 4.48. The first kappa shape index (κ1) is 22.1. The number of amides is 1. The zero-order valence-corrected chi connectivity index (χ0v) is 18.2. The fraction of sp³-hybridized carbons (Fsp3) is 0.409. The van der Waals surface area contributed by atoms with E-state index in [4.69, 9.17) is 9.47 Å². The quantitative estimate of drug-likeness (QED) is 0.692. The van der Waals surface area contributed by atoms with Crippen molar-refractivity contribution in [2.45, 2.75) is 32.3 Å². The zero-order chi connectivity index (χ0) is 21.6. The van der Waals surface area contributed by atoms with Gasteiger partial charge < -0.3 is 14.8 Å². The zero-order valence-electron chi connectivity index (χ0n) is 17.3. The minimum Gasteiger partial charge on any atom is -0.491 e. The topological polar surface area (TPSA) is 84.9 Å². The Labute approximate surface area is 178 Å². The van der Waals surface area contributed by atoms with Crippen molar-refractivity contribution in [3.8, 4) is 5.75 Å². The molecule has 162 valence electrons. The van der Waals surface area contributed by atoms with Crippen molar-refractivity contribution in [3.05, 3.63) is 54.1 Å². The number of sulfonamides is 1. The lowest BCUT2D eigenvalue weighted by atomic mass is 10.1. The molecule has 0 spiro atoms. The number of hydrogen-bond donors (Lipinski definition) is 1. The number of carbonyl (C=O) groups is 1. The molecule has 7 nitrogen and oxygen atoms in total. The van der Waals surface area contributed by atoms with E-state index in [0.29, 0.717) is 23.7 Å². The van der Waals surface area contributed by atoms with Gasteiger partial charge in [-0.3, -0.25) is 9.10 Å². The van der Waals surface area contributed by atoms with E-state index in [1.165, 1.54) is 0 Å². The lowest BCUT2D eigenvalue weighted by Crippen LogP contribution is -2.37. The van der Waals surface area contributed by atoms with E-state index in [0.717, 1.165) is 42.0 Å². The second-order valence-electron chi connectivity index (χ2n) is 7.48. The van der Waals surface area contributed by atoms with Gasteiger partial charge in [-0.15, -0.1) is 0 Å². The predicted octanol–water partition coefficient (Wildman–Crippen LogP) is 3.35. The second-order valence-corrected chi connectivity index (χ2v) is 9.39. The van der Waals surface area contributed by atoms with E-state index in [2.05, 4.69) is 5.32 Å². The fourth-order valence-corrected chi connectivity index (χ4v) is 4.12. The van der Waals surface area contributed by atoms with Gasteiger partial charge in [0.1, 0.15) is 18.9 Å². The minimum absolute atomic E-state index is 0.127. The Morgan fingerprint density at radius 3 is 2.60 bits per heavy atom. The van der Waals surface area contributed by atoms with Crippen molar-refractivity contribution < 1.29 is 22.7 Å². The Kier molecular flexibility index (Phi) is 7.33. The largest absolute Gasteiger partial charge is 0.491 e. The van der Waals surface area contributed by atoms with Crippen LogP contribution in [0.5, 0.6) is 5.75 Å². The SMILES string of the molecule is Cc1cccc(N(CC(=O)Nc2ccc(OCC3CCCCO3)cc2)S(C)(=O)=O)c1.